The van der Waals surface area contributed by atoms with Crippen LogP contribution in [0.25, 0.3) is 0 Å². The molecule has 0 unspecified atom stereocenters. The van der Waals surface area contributed by atoms with Gasteiger partial charge in [0.2, 0.25) is 0 Å². The van der Waals surface area contributed by atoms with Gasteiger partial charge >= 0.3 is 0 Å². The Kier molecular flexibility index (Phi) is 6.14. The highest BCUT2D eigenvalue weighted by Gasteiger charge is 1.87. The number of hydrogen-bond acceptors (Lipinski definition) is 1. The van der Waals surface area contributed by atoms with E-state index in [0.717, 1.165) is 12.8 Å². The van der Waals surface area contributed by atoms with Crippen molar-refractivity contribution in [3.8, 4) is 0 Å². The van der Waals surface area contributed by atoms with E-state index in [1.807, 2.05) is 0 Å². The maximum Gasteiger partial charge on any atom is 0.130 e. The molecule has 0 amide bonds. The summed E-state index contributed by atoms with van der Waals surface area (Å²) in [6.45, 7) is 3.78. The molecule has 0 radical (unpaired) electrons. The molecular weight excluding hydrogens is 124 g/mol. The van der Waals surface area contributed by atoms with Crippen LogP contribution in [0.5, 0.6) is 0 Å². The summed E-state index contributed by atoms with van der Waals surface area (Å²) < 4.78 is 0. The number of unbranched alkanes of at least 4 members (excludes halogenated alkanes) is 1. The lowest BCUT2D eigenvalue weighted by molar-refractivity contribution is -0.116. The molecule has 0 aromatic heterocycles. The quantitative estimate of drug-likeness (QED) is 0.536. The Morgan fingerprint density at radius 1 is 1.30 bits per heavy atom. The molecule has 0 fully saturated rings. The van der Waals surface area contributed by atoms with Gasteiger partial charge in [0.1, 0.15) is 5.78 Å². The van der Waals surface area contributed by atoms with Crippen molar-refractivity contribution in [3.63, 3.8) is 0 Å². The van der Waals surface area contributed by atoms with E-state index in [1.54, 1.807) is 6.92 Å². The molecule has 0 aromatic carbocycles. The summed E-state index contributed by atoms with van der Waals surface area (Å²) in [6, 6.07) is 0. The van der Waals surface area contributed by atoms with Gasteiger partial charge in [-0.1, -0.05) is 25.5 Å². The number of Topliss-reactive ketones (excluding diaryl/α,β-unsaturated/α-hetero) is 1. The van der Waals surface area contributed by atoms with E-state index in [1.165, 1.54) is 6.42 Å². The third-order valence-electron chi connectivity index (χ3n) is 1.29. The summed E-state index contributed by atoms with van der Waals surface area (Å²) in [5, 5.41) is 0. The van der Waals surface area contributed by atoms with E-state index >= 15 is 0 Å². The fourth-order valence-electron chi connectivity index (χ4n) is 0.689. The normalized spacial score (nSPS) is 10.6. The zero-order valence-corrected chi connectivity index (χ0v) is 6.89. The van der Waals surface area contributed by atoms with E-state index in [-0.39, 0.29) is 5.78 Å². The summed E-state index contributed by atoms with van der Waals surface area (Å²) in [5.41, 5.74) is 0. The number of carbonyl (C=O) groups excluding carboxylic acids is 1. The van der Waals surface area contributed by atoms with Crippen LogP contribution in [-0.2, 0) is 4.79 Å². The standard InChI is InChI=1S/C9H16O/c1-3-4-5-6-7-8-9(2)10/h5-6H,3-4,7-8H2,1-2H3/b6-5-. The molecule has 0 aliphatic heterocycles. The molecule has 1 nitrogen and oxygen atoms in total. The molecule has 0 atom stereocenters. The van der Waals surface area contributed by atoms with Crippen LogP contribution in [-0.4, -0.2) is 5.78 Å². The van der Waals surface area contributed by atoms with Crippen LogP contribution in [0.3, 0.4) is 0 Å². The molecule has 0 rings (SSSR count). The van der Waals surface area contributed by atoms with Gasteiger partial charge in [-0.2, -0.15) is 0 Å². The minimum atomic E-state index is 0.279. The Morgan fingerprint density at radius 3 is 2.40 bits per heavy atom. The summed E-state index contributed by atoms with van der Waals surface area (Å²) in [4.78, 5) is 10.4. The van der Waals surface area contributed by atoms with Crippen molar-refractivity contribution in [1.82, 2.24) is 0 Å². The maximum atomic E-state index is 10.4. The maximum absolute atomic E-state index is 10.4. The molecule has 0 bridgehead atoms. The predicted octanol–water partition coefficient (Wildman–Crippen LogP) is 2.71. The Labute approximate surface area is 63.1 Å². The molecule has 0 saturated heterocycles. The van der Waals surface area contributed by atoms with Crippen LogP contribution in [0.2, 0.25) is 0 Å². The first-order chi connectivity index (χ1) is 4.77. The highest BCUT2D eigenvalue weighted by molar-refractivity contribution is 5.75. The minimum Gasteiger partial charge on any atom is -0.300 e. The predicted molar refractivity (Wildman–Crippen MR) is 44.0 cm³/mol. The molecule has 0 spiro atoms. The van der Waals surface area contributed by atoms with Crippen LogP contribution < -0.4 is 0 Å². The zero-order valence-electron chi connectivity index (χ0n) is 6.89. The molecule has 1 heteroatoms. The number of allylic oxidation sites excluding steroid dienone is 2. The van der Waals surface area contributed by atoms with E-state index in [2.05, 4.69) is 19.1 Å². The van der Waals surface area contributed by atoms with Gasteiger partial charge in [0.25, 0.3) is 0 Å². The molecule has 10 heavy (non-hydrogen) atoms. The van der Waals surface area contributed by atoms with E-state index < -0.39 is 0 Å². The molecule has 0 aliphatic rings. The fraction of sp³-hybridized carbons (Fsp3) is 0.667. The van der Waals surface area contributed by atoms with Crippen molar-refractivity contribution < 1.29 is 4.79 Å². The number of rotatable bonds is 5. The van der Waals surface area contributed by atoms with Crippen molar-refractivity contribution in [2.45, 2.75) is 39.5 Å². The Hall–Kier alpha value is -0.590. The monoisotopic (exact) mass is 140 g/mol. The number of hydrogen-bond donors (Lipinski definition) is 0. The smallest absolute Gasteiger partial charge is 0.130 e. The van der Waals surface area contributed by atoms with Gasteiger partial charge < -0.3 is 4.79 Å². The first kappa shape index (κ1) is 9.41. The van der Waals surface area contributed by atoms with E-state index in [9.17, 15) is 4.79 Å². The lowest BCUT2D eigenvalue weighted by atomic mass is 10.2. The molecule has 0 heterocycles. The van der Waals surface area contributed by atoms with Gasteiger partial charge in [-0.3, -0.25) is 0 Å². The average molecular weight is 140 g/mol. The van der Waals surface area contributed by atoms with Crippen molar-refractivity contribution in [3.05, 3.63) is 12.2 Å². The first-order valence-electron chi connectivity index (χ1n) is 3.91. The Morgan fingerprint density at radius 2 is 1.90 bits per heavy atom. The van der Waals surface area contributed by atoms with Gasteiger partial charge in [0.05, 0.1) is 0 Å². The molecule has 0 aliphatic carbocycles. The van der Waals surface area contributed by atoms with Crippen molar-refractivity contribution >= 4 is 5.78 Å². The van der Waals surface area contributed by atoms with Gasteiger partial charge in [-0.25, -0.2) is 0 Å². The van der Waals surface area contributed by atoms with Crippen LogP contribution in [0.15, 0.2) is 12.2 Å². The highest BCUT2D eigenvalue weighted by atomic mass is 16.1. The third kappa shape index (κ3) is 7.41. The molecular formula is C9H16O. The number of ketones is 1. The Balaban J connectivity index is 3.10. The van der Waals surface area contributed by atoms with Crippen LogP contribution >= 0.6 is 0 Å². The first-order valence-corrected chi connectivity index (χ1v) is 3.91. The van der Waals surface area contributed by atoms with Gasteiger partial charge in [0.15, 0.2) is 0 Å². The summed E-state index contributed by atoms with van der Waals surface area (Å²) in [6.07, 6.45) is 8.16. The lowest BCUT2D eigenvalue weighted by Gasteiger charge is -1.87. The second-order valence-electron chi connectivity index (χ2n) is 2.50. The second kappa shape index (κ2) is 6.53. The molecule has 58 valence electrons. The second-order valence-corrected chi connectivity index (χ2v) is 2.50. The topological polar surface area (TPSA) is 17.1 Å². The fourth-order valence-corrected chi connectivity index (χ4v) is 0.689. The lowest BCUT2D eigenvalue weighted by Crippen LogP contribution is -1.85. The number of carbonyl (C=O) groups is 1. The third-order valence-corrected chi connectivity index (χ3v) is 1.29. The van der Waals surface area contributed by atoms with Crippen molar-refractivity contribution in [2.75, 3.05) is 0 Å². The van der Waals surface area contributed by atoms with Crippen LogP contribution in [0, 0.1) is 0 Å². The summed E-state index contributed by atoms with van der Waals surface area (Å²) >= 11 is 0. The molecule has 0 saturated carbocycles. The van der Waals surface area contributed by atoms with Crippen LogP contribution in [0.4, 0.5) is 0 Å². The van der Waals surface area contributed by atoms with Gasteiger partial charge in [-0.15, -0.1) is 0 Å². The van der Waals surface area contributed by atoms with Crippen LogP contribution in [0.1, 0.15) is 39.5 Å². The van der Waals surface area contributed by atoms with Crippen molar-refractivity contribution in [1.29, 1.82) is 0 Å². The van der Waals surface area contributed by atoms with Gasteiger partial charge in [0, 0.05) is 6.42 Å². The molecule has 0 aromatic rings. The highest BCUT2D eigenvalue weighted by Crippen LogP contribution is 1.95. The molecule has 0 N–H and O–H groups in total. The summed E-state index contributed by atoms with van der Waals surface area (Å²) in [7, 11) is 0. The summed E-state index contributed by atoms with van der Waals surface area (Å²) in [5.74, 6) is 0.279. The minimum absolute atomic E-state index is 0.279. The zero-order chi connectivity index (χ0) is 7.82. The average Bonchev–Trinajstić information content (AvgIpc) is 1.87. The van der Waals surface area contributed by atoms with E-state index in [4.69, 9.17) is 0 Å². The largest absolute Gasteiger partial charge is 0.300 e. The Bertz CT molecular complexity index is 114. The van der Waals surface area contributed by atoms with E-state index in [0.29, 0.717) is 6.42 Å². The SMILES string of the molecule is CCC/C=C\CCC(C)=O. The van der Waals surface area contributed by atoms with Gasteiger partial charge in [-0.05, 0) is 19.8 Å². The van der Waals surface area contributed by atoms with Crippen molar-refractivity contribution in [2.24, 2.45) is 0 Å².